The molecule has 4 nitrogen and oxygen atoms in total. The van der Waals surface area contributed by atoms with Crippen molar-refractivity contribution in [1.82, 2.24) is 0 Å². The summed E-state index contributed by atoms with van der Waals surface area (Å²) in [4.78, 5) is 0. The number of halogens is 1. The second-order valence-electron chi connectivity index (χ2n) is 6.11. The van der Waals surface area contributed by atoms with Crippen LogP contribution in [-0.2, 0) is 4.65 Å². The third-order valence-corrected chi connectivity index (χ3v) is 3.99. The minimum atomic E-state index is -1.15. The fraction of sp³-hybridized carbons (Fsp3) is 0.600. The van der Waals surface area contributed by atoms with E-state index in [4.69, 9.17) is 9.39 Å². The van der Waals surface area contributed by atoms with Gasteiger partial charge in [0.15, 0.2) is 0 Å². The van der Waals surface area contributed by atoms with Crippen molar-refractivity contribution < 1.29 is 19.5 Å². The number of aliphatic hydroxyl groups is 1. The Bertz CT molecular complexity index is 471. The van der Waals surface area contributed by atoms with Gasteiger partial charge >= 0.3 is 7.12 Å². The van der Waals surface area contributed by atoms with Gasteiger partial charge in [-0.05, 0) is 57.8 Å². The van der Waals surface area contributed by atoms with Crippen molar-refractivity contribution in [2.75, 3.05) is 6.61 Å². The molecule has 0 spiro atoms. The zero-order valence-electron chi connectivity index (χ0n) is 13.3. The smallest absolute Gasteiger partial charge is 0.491 e. The van der Waals surface area contributed by atoms with Crippen molar-refractivity contribution >= 4 is 28.5 Å². The van der Waals surface area contributed by atoms with Crippen LogP contribution in [0.2, 0.25) is 0 Å². The van der Waals surface area contributed by atoms with E-state index in [2.05, 4.69) is 15.9 Å². The number of rotatable bonds is 7. The van der Waals surface area contributed by atoms with E-state index in [1.54, 1.807) is 39.8 Å². The molecule has 0 aliphatic rings. The lowest BCUT2D eigenvalue weighted by Crippen LogP contribution is -2.53. The largest absolute Gasteiger partial charge is 0.494 e. The van der Waals surface area contributed by atoms with E-state index in [1.165, 1.54) is 0 Å². The predicted molar refractivity (Wildman–Crippen MR) is 89.0 cm³/mol. The van der Waals surface area contributed by atoms with Crippen LogP contribution in [0.1, 0.15) is 41.0 Å². The molecule has 1 aromatic rings. The third kappa shape index (κ3) is 5.29. The molecule has 0 saturated heterocycles. The topological polar surface area (TPSA) is 58.9 Å². The molecule has 0 unspecified atom stereocenters. The van der Waals surface area contributed by atoms with E-state index in [1.807, 2.05) is 13.0 Å². The van der Waals surface area contributed by atoms with E-state index >= 15 is 0 Å². The lowest BCUT2D eigenvalue weighted by molar-refractivity contribution is -0.0982. The summed E-state index contributed by atoms with van der Waals surface area (Å²) in [6.45, 7) is 9.42. The van der Waals surface area contributed by atoms with Crippen LogP contribution in [-0.4, -0.2) is 35.1 Å². The Hall–Kier alpha value is -0.555. The first-order valence-corrected chi connectivity index (χ1v) is 7.87. The second-order valence-corrected chi connectivity index (χ2v) is 7.02. The molecule has 1 aromatic carbocycles. The maximum absolute atomic E-state index is 10.3. The van der Waals surface area contributed by atoms with E-state index in [9.17, 15) is 10.1 Å². The molecule has 0 bridgehead atoms. The highest BCUT2D eigenvalue weighted by Crippen LogP contribution is 2.26. The van der Waals surface area contributed by atoms with Gasteiger partial charge in [-0.3, -0.25) is 0 Å². The number of benzene rings is 1. The molecule has 21 heavy (non-hydrogen) atoms. The molecule has 0 aromatic heterocycles. The molecule has 0 aliphatic heterocycles. The zero-order valence-corrected chi connectivity index (χ0v) is 14.9. The van der Waals surface area contributed by atoms with Crippen molar-refractivity contribution in [2.45, 2.75) is 52.2 Å². The Kier molecular flexibility index (Phi) is 6.29. The fourth-order valence-corrected chi connectivity index (χ4v) is 2.01. The first-order chi connectivity index (χ1) is 9.56. The Morgan fingerprint density at radius 3 is 2.33 bits per heavy atom. The summed E-state index contributed by atoms with van der Waals surface area (Å²) in [5, 5.41) is 20.4. The van der Waals surface area contributed by atoms with Crippen molar-refractivity contribution in [3.63, 3.8) is 0 Å². The van der Waals surface area contributed by atoms with Gasteiger partial charge in [-0.15, -0.1) is 0 Å². The maximum Gasteiger partial charge on any atom is 0.491 e. The Morgan fingerprint density at radius 1 is 1.19 bits per heavy atom. The highest BCUT2D eigenvalue weighted by Gasteiger charge is 2.39. The van der Waals surface area contributed by atoms with Crippen molar-refractivity contribution in [3.05, 3.63) is 22.7 Å². The van der Waals surface area contributed by atoms with Gasteiger partial charge in [-0.2, -0.15) is 0 Å². The quantitative estimate of drug-likeness (QED) is 0.735. The van der Waals surface area contributed by atoms with Crippen LogP contribution >= 0.6 is 15.9 Å². The summed E-state index contributed by atoms with van der Waals surface area (Å²) in [7, 11) is -1.15. The van der Waals surface area contributed by atoms with Crippen LogP contribution in [0.25, 0.3) is 0 Å². The first kappa shape index (κ1) is 18.5. The monoisotopic (exact) mass is 358 g/mol. The molecule has 6 heteroatoms. The summed E-state index contributed by atoms with van der Waals surface area (Å²) in [6.07, 6.45) is 0.909. The van der Waals surface area contributed by atoms with Crippen molar-refractivity contribution in [3.8, 4) is 5.75 Å². The summed E-state index contributed by atoms with van der Waals surface area (Å²) in [5.74, 6) is 0.671. The fourth-order valence-electron chi connectivity index (χ4n) is 1.52. The number of ether oxygens (including phenoxy) is 1. The van der Waals surface area contributed by atoms with Gasteiger partial charge < -0.3 is 19.5 Å². The highest BCUT2D eigenvalue weighted by atomic mass is 79.9. The molecule has 0 fully saturated rings. The van der Waals surface area contributed by atoms with Crippen LogP contribution in [0, 0.1) is 0 Å². The van der Waals surface area contributed by atoms with E-state index in [-0.39, 0.29) is 0 Å². The highest BCUT2D eigenvalue weighted by molar-refractivity contribution is 9.10. The van der Waals surface area contributed by atoms with E-state index in [0.29, 0.717) is 17.8 Å². The van der Waals surface area contributed by atoms with Crippen molar-refractivity contribution in [1.29, 1.82) is 0 Å². The van der Waals surface area contributed by atoms with Gasteiger partial charge in [0.1, 0.15) is 5.75 Å². The number of hydrogen-bond donors (Lipinski definition) is 2. The molecule has 0 aliphatic carbocycles. The molecule has 0 saturated carbocycles. The molecule has 118 valence electrons. The van der Waals surface area contributed by atoms with Gasteiger partial charge in [-0.1, -0.05) is 22.9 Å². The Morgan fingerprint density at radius 2 is 1.81 bits per heavy atom. The molecular weight excluding hydrogens is 335 g/mol. The molecule has 0 radical (unpaired) electrons. The molecular formula is C15H24BBrO4. The minimum Gasteiger partial charge on any atom is -0.494 e. The standard InChI is InChI=1S/C15H24BBrO4/c1-6-7-20-13-9-11(8-12(17)10-13)16(19)21-15(4,5)14(2,3)18/h8-10,18-19H,6-7H2,1-5H3. The molecule has 0 amide bonds. The van der Waals surface area contributed by atoms with Gasteiger partial charge in [0, 0.05) is 4.47 Å². The van der Waals surface area contributed by atoms with E-state index < -0.39 is 18.3 Å². The van der Waals surface area contributed by atoms with Gasteiger partial charge in [0.25, 0.3) is 0 Å². The zero-order chi connectivity index (χ0) is 16.3. The van der Waals surface area contributed by atoms with Crippen LogP contribution in [0.5, 0.6) is 5.75 Å². The maximum atomic E-state index is 10.3. The van der Waals surface area contributed by atoms with Gasteiger partial charge in [-0.25, -0.2) is 0 Å². The SMILES string of the molecule is CCCOc1cc(Br)cc(B(O)OC(C)(C)C(C)(C)O)c1. The summed E-state index contributed by atoms with van der Waals surface area (Å²) in [6, 6.07) is 5.35. The van der Waals surface area contributed by atoms with Crippen LogP contribution in [0.4, 0.5) is 0 Å². The second kappa shape index (κ2) is 7.14. The van der Waals surface area contributed by atoms with Crippen molar-refractivity contribution in [2.24, 2.45) is 0 Å². The molecule has 1 rings (SSSR count). The van der Waals surface area contributed by atoms with Crippen LogP contribution in [0.3, 0.4) is 0 Å². The van der Waals surface area contributed by atoms with E-state index in [0.717, 1.165) is 10.9 Å². The van der Waals surface area contributed by atoms with Gasteiger partial charge in [0.05, 0.1) is 17.8 Å². The Balaban J connectivity index is 2.92. The minimum absolute atomic E-state index is 0.577. The lowest BCUT2D eigenvalue weighted by atomic mass is 9.76. The van der Waals surface area contributed by atoms with Crippen LogP contribution in [0.15, 0.2) is 22.7 Å². The first-order valence-electron chi connectivity index (χ1n) is 7.08. The predicted octanol–water partition coefficient (Wildman–Crippen LogP) is 2.49. The molecule has 0 atom stereocenters. The normalized spacial score (nSPS) is 12.4. The summed E-state index contributed by atoms with van der Waals surface area (Å²) in [5.41, 5.74) is -1.41. The summed E-state index contributed by atoms with van der Waals surface area (Å²) >= 11 is 3.40. The molecule has 0 heterocycles. The average molecular weight is 359 g/mol. The Labute approximate surface area is 135 Å². The van der Waals surface area contributed by atoms with Crippen LogP contribution < -0.4 is 10.2 Å². The molecule has 2 N–H and O–H groups in total. The average Bonchev–Trinajstić information content (AvgIpc) is 2.33. The number of hydrogen-bond acceptors (Lipinski definition) is 4. The lowest BCUT2D eigenvalue weighted by Gasteiger charge is -2.38. The van der Waals surface area contributed by atoms with Gasteiger partial charge in [0.2, 0.25) is 0 Å². The summed E-state index contributed by atoms with van der Waals surface area (Å²) < 4.78 is 12.0. The third-order valence-electron chi connectivity index (χ3n) is 3.53.